The molecule has 2 aromatic rings. The number of rotatable bonds is 5. The number of ether oxygens (including phenoxy) is 1. The number of sulfonamides is 1. The first-order valence-corrected chi connectivity index (χ1v) is 7.60. The molecule has 0 aromatic carbocycles. The highest BCUT2D eigenvalue weighted by atomic mass is 32.2. The molecule has 110 valence electrons. The Labute approximate surface area is 127 Å². The fraction of sp³-hybridized carbons (Fsp3) is 0.0833. The van der Waals surface area contributed by atoms with Gasteiger partial charge in [-0.05, 0) is 18.2 Å². The van der Waals surface area contributed by atoms with Crippen molar-refractivity contribution in [1.82, 2.24) is 9.97 Å². The van der Waals surface area contributed by atoms with Crippen molar-refractivity contribution < 1.29 is 13.2 Å². The number of nitrogens with two attached hydrogens (primary N) is 1. The Hall–Kier alpha value is -2.26. The molecular formula is C12H12N4O3S2. The lowest BCUT2D eigenvalue weighted by molar-refractivity contribution is 0.398. The summed E-state index contributed by atoms with van der Waals surface area (Å²) in [6, 6.07) is 5.91. The van der Waals surface area contributed by atoms with E-state index in [1.54, 1.807) is 12.1 Å². The van der Waals surface area contributed by atoms with Crippen molar-refractivity contribution in [1.29, 1.82) is 0 Å². The van der Waals surface area contributed by atoms with E-state index in [9.17, 15) is 8.42 Å². The Bertz CT molecular complexity index is 743. The fourth-order valence-electron chi connectivity index (χ4n) is 1.46. The molecule has 2 rings (SSSR count). The normalized spacial score (nSPS) is 10.9. The lowest BCUT2D eigenvalue weighted by atomic mass is 10.3. The Morgan fingerprint density at radius 1 is 1.24 bits per heavy atom. The van der Waals surface area contributed by atoms with Crippen LogP contribution in [0.5, 0.6) is 5.88 Å². The number of aromatic nitrogens is 2. The molecule has 0 atom stereocenters. The van der Waals surface area contributed by atoms with Gasteiger partial charge in [-0.1, -0.05) is 12.2 Å². The zero-order valence-electron chi connectivity index (χ0n) is 11.0. The molecule has 0 bridgehead atoms. The predicted octanol–water partition coefficient (Wildman–Crippen LogP) is 0.920. The highest BCUT2D eigenvalue weighted by molar-refractivity contribution is 7.92. The van der Waals surface area contributed by atoms with Crippen molar-refractivity contribution >= 4 is 32.9 Å². The molecular weight excluding hydrogens is 312 g/mol. The summed E-state index contributed by atoms with van der Waals surface area (Å²) in [5.74, 6) is 0.389. The van der Waals surface area contributed by atoms with Crippen LogP contribution in [-0.2, 0) is 10.0 Å². The van der Waals surface area contributed by atoms with Crippen LogP contribution < -0.4 is 15.2 Å². The molecule has 2 heterocycles. The Kier molecular flexibility index (Phi) is 4.34. The van der Waals surface area contributed by atoms with Crippen LogP contribution in [0.3, 0.4) is 0 Å². The molecule has 0 spiro atoms. The number of anilines is 1. The number of methoxy groups -OCH3 is 1. The van der Waals surface area contributed by atoms with Crippen LogP contribution in [0.15, 0.2) is 41.6 Å². The standard InChI is InChI=1S/C12H12N4O3S2/c1-19-11-5-2-8(6-15-11)16-21(17,18)9-3-4-10(12(13)20)14-7-9/h2-7,16H,1H3,(H2,13,20). The quantitative estimate of drug-likeness (QED) is 0.787. The van der Waals surface area contributed by atoms with E-state index < -0.39 is 10.0 Å². The van der Waals surface area contributed by atoms with E-state index in [4.69, 9.17) is 22.7 Å². The van der Waals surface area contributed by atoms with Crippen molar-refractivity contribution in [2.75, 3.05) is 11.8 Å². The highest BCUT2D eigenvalue weighted by Gasteiger charge is 2.15. The van der Waals surface area contributed by atoms with Crippen LogP contribution >= 0.6 is 12.2 Å². The minimum atomic E-state index is -3.75. The van der Waals surface area contributed by atoms with Gasteiger partial charge in [-0.2, -0.15) is 0 Å². The second kappa shape index (κ2) is 6.02. The van der Waals surface area contributed by atoms with Gasteiger partial charge in [0.1, 0.15) is 9.88 Å². The molecule has 2 aromatic heterocycles. The Morgan fingerprint density at radius 3 is 2.48 bits per heavy atom. The van der Waals surface area contributed by atoms with E-state index >= 15 is 0 Å². The summed E-state index contributed by atoms with van der Waals surface area (Å²) < 4.78 is 31.6. The molecule has 7 nitrogen and oxygen atoms in total. The second-order valence-corrected chi connectivity index (χ2v) is 6.06. The molecule has 9 heteroatoms. The summed E-state index contributed by atoms with van der Waals surface area (Å²) in [6.45, 7) is 0. The average molecular weight is 324 g/mol. The van der Waals surface area contributed by atoms with Gasteiger partial charge in [0.15, 0.2) is 0 Å². The summed E-state index contributed by atoms with van der Waals surface area (Å²) >= 11 is 4.76. The zero-order chi connectivity index (χ0) is 15.5. The van der Waals surface area contributed by atoms with Crippen LogP contribution in [0.2, 0.25) is 0 Å². The van der Waals surface area contributed by atoms with Crippen LogP contribution in [0, 0.1) is 0 Å². The SMILES string of the molecule is COc1ccc(NS(=O)(=O)c2ccc(C(N)=S)nc2)cn1. The molecule has 0 aliphatic carbocycles. The minimum Gasteiger partial charge on any atom is -0.481 e. The van der Waals surface area contributed by atoms with Crippen molar-refractivity contribution in [3.8, 4) is 5.88 Å². The maximum atomic E-state index is 12.2. The first-order chi connectivity index (χ1) is 9.92. The van der Waals surface area contributed by atoms with E-state index in [1.165, 1.54) is 31.6 Å². The van der Waals surface area contributed by atoms with Gasteiger partial charge in [0.05, 0.1) is 24.7 Å². The fourth-order valence-corrected chi connectivity index (χ4v) is 2.57. The number of hydrogen-bond donors (Lipinski definition) is 2. The topological polar surface area (TPSA) is 107 Å². The minimum absolute atomic E-state index is 0.00156. The van der Waals surface area contributed by atoms with E-state index in [1.807, 2.05) is 0 Å². The smallest absolute Gasteiger partial charge is 0.263 e. The number of nitrogens with zero attached hydrogens (tertiary/aromatic N) is 2. The summed E-state index contributed by atoms with van der Waals surface area (Å²) in [7, 11) is -2.28. The second-order valence-electron chi connectivity index (χ2n) is 3.94. The first-order valence-electron chi connectivity index (χ1n) is 5.71. The van der Waals surface area contributed by atoms with Crippen LogP contribution in [0.1, 0.15) is 5.69 Å². The maximum absolute atomic E-state index is 12.2. The predicted molar refractivity (Wildman–Crippen MR) is 81.7 cm³/mol. The summed E-state index contributed by atoms with van der Waals surface area (Å²) in [5.41, 5.74) is 6.08. The monoisotopic (exact) mass is 324 g/mol. The molecule has 0 radical (unpaired) electrons. The van der Waals surface area contributed by atoms with Gasteiger partial charge >= 0.3 is 0 Å². The van der Waals surface area contributed by atoms with E-state index in [0.717, 1.165) is 0 Å². The average Bonchev–Trinajstić information content (AvgIpc) is 2.48. The van der Waals surface area contributed by atoms with Gasteiger partial charge in [-0.3, -0.25) is 9.71 Å². The molecule has 21 heavy (non-hydrogen) atoms. The zero-order valence-corrected chi connectivity index (χ0v) is 12.6. The Balaban J connectivity index is 2.22. The van der Waals surface area contributed by atoms with E-state index in [2.05, 4.69) is 14.7 Å². The van der Waals surface area contributed by atoms with Gasteiger partial charge in [0.25, 0.3) is 10.0 Å². The molecule has 0 aliphatic heterocycles. The summed E-state index contributed by atoms with van der Waals surface area (Å²) in [4.78, 5) is 7.91. The molecule has 3 N–H and O–H groups in total. The van der Waals surface area contributed by atoms with Crippen LogP contribution in [0.4, 0.5) is 5.69 Å². The van der Waals surface area contributed by atoms with Gasteiger partial charge in [0.2, 0.25) is 5.88 Å². The first kappa shape index (κ1) is 15.1. The largest absolute Gasteiger partial charge is 0.481 e. The maximum Gasteiger partial charge on any atom is 0.263 e. The number of hydrogen-bond acceptors (Lipinski definition) is 6. The van der Waals surface area contributed by atoms with Gasteiger partial charge < -0.3 is 10.5 Å². The Morgan fingerprint density at radius 2 is 2.00 bits per heavy atom. The van der Waals surface area contributed by atoms with Crippen molar-refractivity contribution in [3.63, 3.8) is 0 Å². The molecule has 0 saturated heterocycles. The van der Waals surface area contributed by atoms with Gasteiger partial charge in [-0.15, -0.1) is 0 Å². The lowest BCUT2D eigenvalue weighted by Crippen LogP contribution is -2.15. The third kappa shape index (κ3) is 3.64. The lowest BCUT2D eigenvalue weighted by Gasteiger charge is -2.08. The van der Waals surface area contributed by atoms with E-state index in [0.29, 0.717) is 17.3 Å². The van der Waals surface area contributed by atoms with Crippen molar-refractivity contribution in [2.45, 2.75) is 4.90 Å². The molecule has 0 unspecified atom stereocenters. The third-order valence-electron chi connectivity index (χ3n) is 2.50. The molecule has 0 fully saturated rings. The summed E-state index contributed by atoms with van der Waals surface area (Å²) in [5, 5.41) is 0. The van der Waals surface area contributed by atoms with E-state index in [-0.39, 0.29) is 9.88 Å². The van der Waals surface area contributed by atoms with Gasteiger partial charge in [0, 0.05) is 12.3 Å². The number of nitrogens with one attached hydrogen (secondary N) is 1. The highest BCUT2D eigenvalue weighted by Crippen LogP contribution is 2.16. The van der Waals surface area contributed by atoms with Crippen LogP contribution in [-0.4, -0.2) is 30.5 Å². The van der Waals surface area contributed by atoms with Gasteiger partial charge in [-0.25, -0.2) is 13.4 Å². The molecule has 0 amide bonds. The summed E-state index contributed by atoms with van der Waals surface area (Å²) in [6.07, 6.45) is 2.54. The number of thiocarbonyl (C=S) groups is 1. The number of pyridine rings is 2. The third-order valence-corrected chi connectivity index (χ3v) is 4.07. The molecule has 0 aliphatic rings. The molecule has 0 saturated carbocycles. The van der Waals surface area contributed by atoms with Crippen molar-refractivity contribution in [2.24, 2.45) is 5.73 Å². The van der Waals surface area contributed by atoms with Crippen molar-refractivity contribution in [3.05, 3.63) is 42.4 Å². The van der Waals surface area contributed by atoms with Crippen LogP contribution in [0.25, 0.3) is 0 Å².